The molecule has 0 saturated heterocycles. The molecule has 3 rings (SSSR count). The number of fused-ring (bicyclic) bond motifs is 2. The minimum atomic E-state index is -1.17. The van der Waals surface area contributed by atoms with Crippen LogP contribution in [0.1, 0.15) is 28.9 Å². The summed E-state index contributed by atoms with van der Waals surface area (Å²) in [5, 5.41) is 10.8. The first-order chi connectivity index (χ1) is 8.11. The Morgan fingerprint density at radius 3 is 2.88 bits per heavy atom. The van der Waals surface area contributed by atoms with E-state index < -0.39 is 6.09 Å². The smallest absolute Gasteiger partial charge is 0.410 e. The van der Waals surface area contributed by atoms with Crippen molar-refractivity contribution in [3.05, 3.63) is 23.4 Å². The van der Waals surface area contributed by atoms with Crippen LogP contribution in [0.2, 0.25) is 0 Å². The van der Waals surface area contributed by atoms with Gasteiger partial charge in [-0.1, -0.05) is 0 Å². The second-order valence-electron chi connectivity index (χ2n) is 4.38. The van der Waals surface area contributed by atoms with Crippen LogP contribution in [-0.2, 0) is 10.2 Å². The molecule has 1 fully saturated rings. The third-order valence-corrected chi connectivity index (χ3v) is 3.19. The van der Waals surface area contributed by atoms with E-state index in [9.17, 15) is 9.59 Å². The monoisotopic (exact) mass is 234 g/mol. The van der Waals surface area contributed by atoms with Crippen LogP contribution in [0.15, 0.2) is 12.1 Å². The first-order valence-electron chi connectivity index (χ1n) is 5.29. The second-order valence-corrected chi connectivity index (χ2v) is 4.38. The quantitative estimate of drug-likeness (QED) is 0.716. The highest BCUT2D eigenvalue weighted by Crippen LogP contribution is 2.51. The molecule has 1 saturated carbocycles. The van der Waals surface area contributed by atoms with Crippen molar-refractivity contribution in [1.29, 1.82) is 0 Å². The highest BCUT2D eigenvalue weighted by molar-refractivity contribution is 5.93. The third-order valence-electron chi connectivity index (χ3n) is 3.19. The minimum Gasteiger partial charge on any atom is -0.465 e. The van der Waals surface area contributed by atoms with E-state index in [-0.39, 0.29) is 17.2 Å². The zero-order chi connectivity index (χ0) is 12.0. The number of esters is 1. The van der Waals surface area contributed by atoms with Crippen LogP contribution in [0.3, 0.4) is 0 Å². The number of hydrogen-bond donors (Lipinski definition) is 2. The molecule has 6 heteroatoms. The number of carbonyl (C=O) groups is 2. The number of pyridine rings is 1. The molecule has 2 aliphatic rings. The highest BCUT2D eigenvalue weighted by Gasteiger charge is 2.51. The van der Waals surface area contributed by atoms with Crippen molar-refractivity contribution in [2.75, 3.05) is 11.9 Å². The summed E-state index contributed by atoms with van der Waals surface area (Å²) in [6.45, 7) is 0.350. The molecule has 0 unspecified atom stereocenters. The van der Waals surface area contributed by atoms with Crippen LogP contribution in [0.4, 0.5) is 10.6 Å². The van der Waals surface area contributed by atoms with E-state index >= 15 is 0 Å². The number of aromatic nitrogens is 1. The molecule has 0 atom stereocenters. The average molecular weight is 234 g/mol. The lowest BCUT2D eigenvalue weighted by Gasteiger charge is -2.23. The van der Waals surface area contributed by atoms with Gasteiger partial charge in [0.15, 0.2) is 0 Å². The van der Waals surface area contributed by atoms with Crippen molar-refractivity contribution in [3.8, 4) is 0 Å². The number of nitrogens with one attached hydrogen (secondary N) is 1. The fraction of sp³-hybridized carbons (Fsp3) is 0.364. The lowest BCUT2D eigenvalue weighted by molar-refractivity contribution is 0.0418. The molecule has 1 spiro atoms. The first kappa shape index (κ1) is 10.1. The molecule has 2 N–H and O–H groups in total. The molecule has 1 aromatic rings. The maximum absolute atomic E-state index is 11.5. The van der Waals surface area contributed by atoms with Crippen molar-refractivity contribution < 1.29 is 19.4 Å². The van der Waals surface area contributed by atoms with E-state index in [0.29, 0.717) is 17.9 Å². The molecule has 17 heavy (non-hydrogen) atoms. The summed E-state index contributed by atoms with van der Waals surface area (Å²) >= 11 is 0. The molecule has 6 nitrogen and oxygen atoms in total. The van der Waals surface area contributed by atoms with Gasteiger partial charge in [0.1, 0.15) is 12.4 Å². The summed E-state index contributed by atoms with van der Waals surface area (Å²) < 4.78 is 5.09. The Morgan fingerprint density at radius 2 is 2.24 bits per heavy atom. The minimum absolute atomic E-state index is 0.167. The summed E-state index contributed by atoms with van der Waals surface area (Å²) in [6.07, 6.45) is 0.689. The Kier molecular flexibility index (Phi) is 1.89. The van der Waals surface area contributed by atoms with Gasteiger partial charge in [-0.3, -0.25) is 5.32 Å². The van der Waals surface area contributed by atoms with Crippen LogP contribution in [-0.4, -0.2) is 28.8 Å². The van der Waals surface area contributed by atoms with Crippen molar-refractivity contribution in [3.63, 3.8) is 0 Å². The Bertz CT molecular complexity index is 522. The Morgan fingerprint density at radius 1 is 1.47 bits per heavy atom. The van der Waals surface area contributed by atoms with Gasteiger partial charge >= 0.3 is 12.1 Å². The van der Waals surface area contributed by atoms with Gasteiger partial charge in [0.2, 0.25) is 0 Å². The SMILES string of the molecule is O=C(O)Nc1ccc2c(n1)C1(CC1)COC2=O. The summed E-state index contributed by atoms with van der Waals surface area (Å²) in [5.41, 5.74) is 0.948. The van der Waals surface area contributed by atoms with Gasteiger partial charge in [-0.15, -0.1) is 0 Å². The molecular weight excluding hydrogens is 224 g/mol. The second kappa shape index (κ2) is 3.19. The fourth-order valence-electron chi connectivity index (χ4n) is 2.09. The zero-order valence-electron chi connectivity index (χ0n) is 8.90. The normalized spacial score (nSPS) is 19.4. The fourth-order valence-corrected chi connectivity index (χ4v) is 2.09. The number of rotatable bonds is 1. The third kappa shape index (κ3) is 1.52. The van der Waals surface area contributed by atoms with Crippen molar-refractivity contribution in [2.45, 2.75) is 18.3 Å². The number of carbonyl (C=O) groups excluding carboxylic acids is 1. The van der Waals surface area contributed by atoms with Crippen LogP contribution >= 0.6 is 0 Å². The molecule has 0 radical (unpaired) electrons. The summed E-state index contributed by atoms with van der Waals surface area (Å²) in [6, 6.07) is 3.03. The van der Waals surface area contributed by atoms with Crippen LogP contribution in [0.25, 0.3) is 0 Å². The summed E-state index contributed by atoms with van der Waals surface area (Å²) in [4.78, 5) is 26.3. The number of amides is 1. The van der Waals surface area contributed by atoms with Gasteiger partial charge in [0.25, 0.3) is 0 Å². The Hall–Kier alpha value is -2.11. The Labute approximate surface area is 96.6 Å². The summed E-state index contributed by atoms with van der Waals surface area (Å²) in [5.74, 6) is -0.135. The van der Waals surface area contributed by atoms with Gasteiger partial charge in [0.05, 0.1) is 11.3 Å². The predicted molar refractivity (Wildman–Crippen MR) is 57.1 cm³/mol. The van der Waals surface area contributed by atoms with Gasteiger partial charge < -0.3 is 9.84 Å². The molecule has 2 heterocycles. The maximum atomic E-state index is 11.5. The standard InChI is InChI=1S/C11H10N2O4/c14-9-6-1-2-7(13-10(15)16)12-8(6)11(3-4-11)5-17-9/h1-2H,3-5H2,(H,12,13)(H,15,16). The topological polar surface area (TPSA) is 88.5 Å². The van der Waals surface area contributed by atoms with Gasteiger partial charge in [0, 0.05) is 5.41 Å². The number of anilines is 1. The molecule has 1 aliphatic heterocycles. The average Bonchev–Trinajstić information content (AvgIpc) is 3.04. The number of carboxylic acid groups (broad SMARTS) is 1. The maximum Gasteiger partial charge on any atom is 0.410 e. The Balaban J connectivity index is 2.05. The van der Waals surface area contributed by atoms with E-state index in [4.69, 9.17) is 9.84 Å². The first-order valence-corrected chi connectivity index (χ1v) is 5.29. The van der Waals surface area contributed by atoms with E-state index in [2.05, 4.69) is 10.3 Å². The zero-order valence-corrected chi connectivity index (χ0v) is 8.90. The van der Waals surface area contributed by atoms with Crippen LogP contribution in [0.5, 0.6) is 0 Å². The van der Waals surface area contributed by atoms with Crippen molar-refractivity contribution in [2.24, 2.45) is 0 Å². The molecule has 1 amide bonds. The largest absolute Gasteiger partial charge is 0.465 e. The van der Waals surface area contributed by atoms with Gasteiger partial charge in [-0.25, -0.2) is 14.6 Å². The van der Waals surface area contributed by atoms with E-state index in [1.54, 1.807) is 6.07 Å². The van der Waals surface area contributed by atoms with E-state index in [0.717, 1.165) is 12.8 Å². The van der Waals surface area contributed by atoms with Crippen molar-refractivity contribution >= 4 is 17.9 Å². The lowest BCUT2D eigenvalue weighted by Crippen LogP contribution is -2.29. The molecule has 1 aliphatic carbocycles. The predicted octanol–water partition coefficient (Wildman–Crippen LogP) is 1.37. The molecular formula is C11H10N2O4. The number of cyclic esters (lactones) is 1. The lowest BCUT2D eigenvalue weighted by atomic mass is 9.95. The van der Waals surface area contributed by atoms with Gasteiger partial charge in [-0.2, -0.15) is 0 Å². The number of nitrogens with zero attached hydrogens (tertiary/aromatic N) is 1. The van der Waals surface area contributed by atoms with Crippen molar-refractivity contribution in [1.82, 2.24) is 4.98 Å². The molecule has 88 valence electrons. The molecule has 0 bridgehead atoms. The number of ether oxygens (including phenoxy) is 1. The van der Waals surface area contributed by atoms with E-state index in [1.807, 2.05) is 0 Å². The van der Waals surface area contributed by atoms with Crippen LogP contribution in [0, 0.1) is 0 Å². The molecule has 1 aromatic heterocycles. The van der Waals surface area contributed by atoms with Gasteiger partial charge in [-0.05, 0) is 25.0 Å². The van der Waals surface area contributed by atoms with E-state index in [1.165, 1.54) is 6.07 Å². The van der Waals surface area contributed by atoms with Crippen LogP contribution < -0.4 is 5.32 Å². The molecule has 0 aromatic carbocycles. The summed E-state index contributed by atoms with van der Waals surface area (Å²) in [7, 11) is 0. The highest BCUT2D eigenvalue weighted by atomic mass is 16.5. The number of hydrogen-bond acceptors (Lipinski definition) is 4.